The predicted octanol–water partition coefficient (Wildman–Crippen LogP) is 3.35. The van der Waals surface area contributed by atoms with Crippen molar-refractivity contribution in [1.82, 2.24) is 4.98 Å². The molecular weight excluding hydrogens is 218 g/mol. The molecule has 0 saturated heterocycles. The van der Waals surface area contributed by atoms with Crippen molar-refractivity contribution in [3.05, 3.63) is 52.5 Å². The minimum absolute atomic E-state index is 0.207. The van der Waals surface area contributed by atoms with Gasteiger partial charge >= 0.3 is 0 Å². The van der Waals surface area contributed by atoms with Crippen LogP contribution in [0.25, 0.3) is 0 Å². The molecular formula is C13H13NOS. The Morgan fingerprint density at radius 3 is 2.75 bits per heavy atom. The Balaban J connectivity index is 1.79. The van der Waals surface area contributed by atoms with Crippen LogP contribution in [-0.4, -0.2) is 10.8 Å². The highest BCUT2D eigenvalue weighted by Crippen LogP contribution is 2.12. The van der Waals surface area contributed by atoms with Crippen LogP contribution in [0.3, 0.4) is 0 Å². The molecule has 1 aromatic carbocycles. The maximum atomic E-state index is 11.7. The lowest BCUT2D eigenvalue weighted by atomic mass is 10.1. The van der Waals surface area contributed by atoms with Gasteiger partial charge in [0.05, 0.1) is 10.4 Å². The van der Waals surface area contributed by atoms with Crippen molar-refractivity contribution in [3.63, 3.8) is 0 Å². The normalized spacial score (nSPS) is 10.2. The zero-order valence-corrected chi connectivity index (χ0v) is 9.74. The molecule has 2 aromatic rings. The second-order valence-electron chi connectivity index (χ2n) is 3.63. The molecule has 82 valence electrons. The number of thiazole rings is 1. The lowest BCUT2D eigenvalue weighted by molar-refractivity contribution is 0.0984. The van der Waals surface area contributed by atoms with Crippen molar-refractivity contribution in [2.24, 2.45) is 0 Å². The molecule has 3 heteroatoms. The second kappa shape index (κ2) is 5.56. The summed E-state index contributed by atoms with van der Waals surface area (Å²) in [5, 5.41) is 0. The van der Waals surface area contributed by atoms with Gasteiger partial charge in [0, 0.05) is 12.6 Å². The van der Waals surface area contributed by atoms with E-state index in [0.29, 0.717) is 6.42 Å². The average Bonchev–Trinajstić information content (AvgIpc) is 2.84. The summed E-state index contributed by atoms with van der Waals surface area (Å²) in [5.41, 5.74) is 2.99. The second-order valence-corrected chi connectivity index (χ2v) is 4.51. The molecule has 1 heterocycles. The molecule has 0 amide bonds. The minimum atomic E-state index is 0.207. The third-order valence-electron chi connectivity index (χ3n) is 2.42. The smallest absolute Gasteiger partial charge is 0.174 e. The van der Waals surface area contributed by atoms with E-state index in [4.69, 9.17) is 0 Å². The Morgan fingerprint density at radius 1 is 1.25 bits per heavy atom. The van der Waals surface area contributed by atoms with E-state index in [1.54, 1.807) is 11.7 Å². The Hall–Kier alpha value is -1.48. The fraction of sp³-hybridized carbons (Fsp3) is 0.231. The van der Waals surface area contributed by atoms with Crippen LogP contribution in [-0.2, 0) is 6.42 Å². The first-order valence-corrected chi connectivity index (χ1v) is 6.20. The largest absolute Gasteiger partial charge is 0.293 e. The van der Waals surface area contributed by atoms with E-state index < -0.39 is 0 Å². The Kier molecular flexibility index (Phi) is 3.83. The first-order valence-electron chi connectivity index (χ1n) is 5.32. The zero-order valence-electron chi connectivity index (χ0n) is 8.93. The summed E-state index contributed by atoms with van der Waals surface area (Å²) >= 11 is 1.42. The maximum Gasteiger partial charge on any atom is 0.174 e. The summed E-state index contributed by atoms with van der Waals surface area (Å²) in [6, 6.07) is 10.3. The first-order chi connectivity index (χ1) is 7.86. The predicted molar refractivity (Wildman–Crippen MR) is 65.8 cm³/mol. The van der Waals surface area contributed by atoms with Gasteiger partial charge in [-0.15, -0.1) is 11.3 Å². The number of carbonyl (C=O) groups is 1. The molecule has 0 atom stereocenters. The summed E-state index contributed by atoms with van der Waals surface area (Å²) in [7, 11) is 0. The van der Waals surface area contributed by atoms with E-state index in [2.05, 4.69) is 17.1 Å². The number of Topliss-reactive ketones (excluding diaryl/α,β-unsaturated/α-hetero) is 1. The van der Waals surface area contributed by atoms with Crippen molar-refractivity contribution in [1.29, 1.82) is 0 Å². The lowest BCUT2D eigenvalue weighted by Gasteiger charge is -1.99. The molecule has 2 rings (SSSR count). The standard InChI is InChI=1S/C13H13NOS/c15-12(13-9-14-10-16-13)8-4-7-11-5-2-1-3-6-11/h1-3,5-6,9-10H,4,7-8H2. The molecule has 0 aliphatic rings. The fourth-order valence-corrected chi connectivity index (χ4v) is 2.16. The number of rotatable bonds is 5. The minimum Gasteiger partial charge on any atom is -0.293 e. The monoisotopic (exact) mass is 231 g/mol. The van der Waals surface area contributed by atoms with Crippen molar-refractivity contribution >= 4 is 17.1 Å². The molecule has 0 bridgehead atoms. The van der Waals surface area contributed by atoms with Gasteiger partial charge in [0.1, 0.15) is 0 Å². The van der Waals surface area contributed by atoms with Gasteiger partial charge in [-0.3, -0.25) is 9.78 Å². The number of aryl methyl sites for hydroxylation is 1. The van der Waals surface area contributed by atoms with Crippen molar-refractivity contribution in [3.8, 4) is 0 Å². The zero-order chi connectivity index (χ0) is 11.2. The highest BCUT2D eigenvalue weighted by molar-refractivity contribution is 7.11. The average molecular weight is 231 g/mol. The molecule has 0 fully saturated rings. The number of ketones is 1. The van der Waals surface area contributed by atoms with Gasteiger partial charge < -0.3 is 0 Å². The van der Waals surface area contributed by atoms with Crippen molar-refractivity contribution in [2.75, 3.05) is 0 Å². The molecule has 0 N–H and O–H groups in total. The summed E-state index contributed by atoms with van der Waals surface area (Å²) in [5.74, 6) is 0.207. The van der Waals surface area contributed by atoms with Crippen LogP contribution in [0.1, 0.15) is 28.1 Å². The molecule has 0 spiro atoms. The van der Waals surface area contributed by atoms with E-state index in [9.17, 15) is 4.79 Å². The van der Waals surface area contributed by atoms with Crippen LogP contribution < -0.4 is 0 Å². The van der Waals surface area contributed by atoms with Crippen LogP contribution in [0.5, 0.6) is 0 Å². The van der Waals surface area contributed by atoms with Crippen LogP contribution in [0.2, 0.25) is 0 Å². The molecule has 0 radical (unpaired) electrons. The van der Waals surface area contributed by atoms with Gasteiger partial charge in [-0.2, -0.15) is 0 Å². The summed E-state index contributed by atoms with van der Waals surface area (Å²) < 4.78 is 0. The maximum absolute atomic E-state index is 11.7. The van der Waals surface area contributed by atoms with Crippen molar-refractivity contribution < 1.29 is 4.79 Å². The Labute approximate surface area is 99.0 Å². The molecule has 0 aliphatic heterocycles. The number of nitrogens with zero attached hydrogens (tertiary/aromatic N) is 1. The van der Waals surface area contributed by atoms with E-state index in [0.717, 1.165) is 17.7 Å². The first kappa shape index (κ1) is 11.0. The molecule has 0 saturated carbocycles. The van der Waals surface area contributed by atoms with E-state index >= 15 is 0 Å². The van der Waals surface area contributed by atoms with E-state index in [1.165, 1.54) is 16.9 Å². The molecule has 0 aliphatic carbocycles. The SMILES string of the molecule is O=C(CCCc1ccccc1)c1cncs1. The quantitative estimate of drug-likeness (QED) is 0.739. The summed E-state index contributed by atoms with van der Waals surface area (Å²) in [4.78, 5) is 16.3. The highest BCUT2D eigenvalue weighted by Gasteiger charge is 2.06. The van der Waals surface area contributed by atoms with Gasteiger partial charge in [-0.05, 0) is 18.4 Å². The van der Waals surface area contributed by atoms with Gasteiger partial charge in [-0.25, -0.2) is 0 Å². The molecule has 0 unspecified atom stereocenters. The topological polar surface area (TPSA) is 30.0 Å². The molecule has 2 nitrogen and oxygen atoms in total. The third kappa shape index (κ3) is 3.00. The van der Waals surface area contributed by atoms with E-state index in [-0.39, 0.29) is 5.78 Å². The van der Waals surface area contributed by atoms with Crippen LogP contribution in [0, 0.1) is 0 Å². The van der Waals surface area contributed by atoms with Crippen molar-refractivity contribution in [2.45, 2.75) is 19.3 Å². The Morgan fingerprint density at radius 2 is 2.06 bits per heavy atom. The summed E-state index contributed by atoms with van der Waals surface area (Å²) in [6.45, 7) is 0. The highest BCUT2D eigenvalue weighted by atomic mass is 32.1. The molecule has 16 heavy (non-hydrogen) atoms. The van der Waals surface area contributed by atoms with Gasteiger partial charge in [0.25, 0.3) is 0 Å². The van der Waals surface area contributed by atoms with Crippen LogP contribution in [0.4, 0.5) is 0 Å². The number of hydrogen-bond donors (Lipinski definition) is 0. The Bertz CT molecular complexity index is 436. The molecule has 1 aromatic heterocycles. The lowest BCUT2D eigenvalue weighted by Crippen LogP contribution is -1.97. The van der Waals surface area contributed by atoms with Gasteiger partial charge in [0.2, 0.25) is 0 Å². The third-order valence-corrected chi connectivity index (χ3v) is 3.23. The summed E-state index contributed by atoms with van der Waals surface area (Å²) in [6.07, 6.45) is 4.12. The number of hydrogen-bond acceptors (Lipinski definition) is 3. The fourth-order valence-electron chi connectivity index (χ4n) is 1.57. The number of carbonyl (C=O) groups excluding carboxylic acids is 1. The number of aromatic nitrogens is 1. The van der Waals surface area contributed by atoms with E-state index in [1.807, 2.05) is 18.2 Å². The van der Waals surface area contributed by atoms with Gasteiger partial charge in [0.15, 0.2) is 5.78 Å². The van der Waals surface area contributed by atoms with Crippen LogP contribution in [0.15, 0.2) is 42.0 Å². The number of benzene rings is 1. The van der Waals surface area contributed by atoms with Crippen LogP contribution >= 0.6 is 11.3 Å². The van der Waals surface area contributed by atoms with Gasteiger partial charge in [-0.1, -0.05) is 30.3 Å².